The number of imidazole rings is 1. The summed E-state index contributed by atoms with van der Waals surface area (Å²) < 4.78 is 0. The maximum Gasteiger partial charge on any atom is 0.327 e. The molecule has 0 fully saturated rings. The molecule has 2 aromatic heterocycles. The number of fused-ring (bicyclic) bond motifs is 1. The predicted octanol–water partition coefficient (Wildman–Crippen LogP) is 2.90. The highest BCUT2D eigenvalue weighted by molar-refractivity contribution is 5.89. The number of hydrogen-bond donors (Lipinski definition) is 5. The Hall–Kier alpha value is -4.14. The number of hydrogen-bond acceptors (Lipinski definition) is 5. The Morgan fingerprint density at radius 2 is 1.74 bits per heavy atom. The first-order valence-electron chi connectivity index (χ1n) is 11.3. The van der Waals surface area contributed by atoms with Crippen molar-refractivity contribution in [2.24, 2.45) is 5.92 Å². The highest BCUT2D eigenvalue weighted by Crippen LogP contribution is 2.25. The molecule has 1 atom stereocenters. The van der Waals surface area contributed by atoms with Crippen LogP contribution in [-0.4, -0.2) is 25.8 Å². The van der Waals surface area contributed by atoms with Gasteiger partial charge in [0.15, 0.2) is 5.65 Å². The molecule has 2 heterocycles. The lowest BCUT2D eigenvalue weighted by atomic mass is 9.88. The molecule has 1 amide bonds. The van der Waals surface area contributed by atoms with Crippen LogP contribution in [0.4, 0.5) is 11.4 Å². The van der Waals surface area contributed by atoms with Crippen molar-refractivity contribution in [2.45, 2.75) is 39.0 Å². The van der Waals surface area contributed by atoms with Gasteiger partial charge >= 0.3 is 5.69 Å². The van der Waals surface area contributed by atoms with E-state index in [1.54, 1.807) is 0 Å². The van der Waals surface area contributed by atoms with Crippen molar-refractivity contribution < 1.29 is 4.79 Å². The summed E-state index contributed by atoms with van der Waals surface area (Å²) >= 11 is 0. The van der Waals surface area contributed by atoms with E-state index >= 15 is 0 Å². The van der Waals surface area contributed by atoms with Gasteiger partial charge in [0, 0.05) is 24.7 Å². The average molecular weight is 461 g/mol. The molecule has 0 aliphatic rings. The smallest absolute Gasteiger partial charge is 0.327 e. The second-order valence-electron chi connectivity index (χ2n) is 8.54. The van der Waals surface area contributed by atoms with Gasteiger partial charge in [0.2, 0.25) is 5.91 Å². The second-order valence-corrected chi connectivity index (χ2v) is 8.54. The van der Waals surface area contributed by atoms with Gasteiger partial charge in [-0.25, -0.2) is 9.78 Å². The van der Waals surface area contributed by atoms with Crippen LogP contribution in [0.25, 0.3) is 11.2 Å². The van der Waals surface area contributed by atoms with Gasteiger partial charge in [0.05, 0.1) is 0 Å². The summed E-state index contributed by atoms with van der Waals surface area (Å²) in [6.45, 7) is 1.50. The molecule has 0 bridgehead atoms. The number of nitrogen functional groups attached to an aromatic ring is 1. The first kappa shape index (κ1) is 23.0. The molecule has 9 nitrogen and oxygen atoms in total. The van der Waals surface area contributed by atoms with Gasteiger partial charge in [-0.3, -0.25) is 19.6 Å². The SMILES string of the molecule is CC(=O)Nc1ccccc1CC(CCc1ccc(N)cc1)CCc1nc2[nH]c(=O)[nH]c(=O)c2[nH]1. The molecule has 0 aliphatic heterocycles. The molecule has 0 spiro atoms. The van der Waals surface area contributed by atoms with Gasteiger partial charge in [-0.1, -0.05) is 30.3 Å². The van der Waals surface area contributed by atoms with E-state index in [1.165, 1.54) is 12.5 Å². The fourth-order valence-corrected chi connectivity index (χ4v) is 4.17. The molecular weight excluding hydrogens is 432 g/mol. The molecule has 4 rings (SSSR count). The first-order chi connectivity index (χ1) is 16.4. The number of benzene rings is 2. The van der Waals surface area contributed by atoms with Crippen molar-refractivity contribution in [3.05, 3.63) is 86.3 Å². The van der Waals surface area contributed by atoms with Crippen LogP contribution in [0.5, 0.6) is 0 Å². The van der Waals surface area contributed by atoms with E-state index in [4.69, 9.17) is 5.73 Å². The van der Waals surface area contributed by atoms with Gasteiger partial charge in [0.25, 0.3) is 5.56 Å². The van der Waals surface area contributed by atoms with Gasteiger partial charge in [-0.05, 0) is 60.9 Å². The van der Waals surface area contributed by atoms with Crippen LogP contribution in [0.2, 0.25) is 0 Å². The van der Waals surface area contributed by atoms with Crippen LogP contribution in [0.15, 0.2) is 58.1 Å². The standard InChI is InChI=1S/C25H28N6O3/c1-15(32)27-20-5-3-2-4-18(20)14-17(7-6-16-8-11-19(26)12-9-16)10-13-21-28-22-23(29-21)30-25(34)31-24(22)33/h2-5,8-9,11-12,17H,6-7,10,13-14,26H2,1H3,(H,27,32)(H3,28,29,30,31,33,34). The summed E-state index contributed by atoms with van der Waals surface area (Å²) in [5, 5.41) is 2.92. The molecule has 0 saturated heterocycles. The van der Waals surface area contributed by atoms with E-state index in [-0.39, 0.29) is 23.0 Å². The number of nitrogens with zero attached hydrogens (tertiary/aromatic N) is 1. The highest BCUT2D eigenvalue weighted by Gasteiger charge is 2.16. The van der Waals surface area contributed by atoms with Crippen molar-refractivity contribution in [1.82, 2.24) is 19.9 Å². The number of aromatic amines is 3. The monoisotopic (exact) mass is 460 g/mol. The van der Waals surface area contributed by atoms with Crippen LogP contribution >= 0.6 is 0 Å². The van der Waals surface area contributed by atoms with Crippen molar-refractivity contribution in [3.63, 3.8) is 0 Å². The largest absolute Gasteiger partial charge is 0.399 e. The fraction of sp³-hybridized carbons (Fsp3) is 0.280. The normalized spacial score (nSPS) is 12.0. The predicted molar refractivity (Wildman–Crippen MR) is 133 cm³/mol. The quantitative estimate of drug-likeness (QED) is 0.243. The Morgan fingerprint density at radius 1 is 1.00 bits per heavy atom. The number of carbonyl (C=O) groups is 1. The van der Waals surface area contributed by atoms with Gasteiger partial charge in [-0.15, -0.1) is 0 Å². The molecule has 6 N–H and O–H groups in total. The Balaban J connectivity index is 1.53. The lowest BCUT2D eigenvalue weighted by Gasteiger charge is -2.19. The Kier molecular flexibility index (Phi) is 6.91. The van der Waals surface area contributed by atoms with E-state index in [0.29, 0.717) is 12.2 Å². The third kappa shape index (κ3) is 5.80. The molecule has 176 valence electrons. The molecule has 9 heteroatoms. The molecule has 0 saturated carbocycles. The number of aryl methyl sites for hydroxylation is 2. The van der Waals surface area contributed by atoms with E-state index in [0.717, 1.165) is 42.6 Å². The Bertz CT molecular complexity index is 1400. The third-order valence-electron chi connectivity index (χ3n) is 5.89. The number of anilines is 2. The lowest BCUT2D eigenvalue weighted by molar-refractivity contribution is -0.114. The second kappa shape index (κ2) is 10.2. The topological polar surface area (TPSA) is 150 Å². The van der Waals surface area contributed by atoms with Gasteiger partial charge in [-0.2, -0.15) is 0 Å². The minimum atomic E-state index is -0.577. The first-order valence-corrected chi connectivity index (χ1v) is 11.3. The minimum Gasteiger partial charge on any atom is -0.399 e. The van der Waals surface area contributed by atoms with E-state index in [1.807, 2.05) is 48.5 Å². The van der Waals surface area contributed by atoms with Gasteiger partial charge in [0.1, 0.15) is 11.3 Å². The number of amides is 1. The summed E-state index contributed by atoms with van der Waals surface area (Å²) in [7, 11) is 0. The Morgan fingerprint density at radius 3 is 2.50 bits per heavy atom. The van der Waals surface area contributed by atoms with Crippen LogP contribution in [-0.2, 0) is 24.1 Å². The molecule has 2 aromatic carbocycles. The maximum atomic E-state index is 12.0. The van der Waals surface area contributed by atoms with Crippen LogP contribution in [0, 0.1) is 5.92 Å². The summed E-state index contributed by atoms with van der Waals surface area (Å²) in [6.07, 6.45) is 4.02. The average Bonchev–Trinajstić information content (AvgIpc) is 3.21. The number of aromatic nitrogens is 4. The number of para-hydroxylation sites is 1. The summed E-state index contributed by atoms with van der Waals surface area (Å²) in [6, 6.07) is 15.7. The fourth-order valence-electron chi connectivity index (χ4n) is 4.17. The summed E-state index contributed by atoms with van der Waals surface area (Å²) in [4.78, 5) is 47.4. The number of nitrogens with one attached hydrogen (secondary N) is 4. The minimum absolute atomic E-state index is 0.104. The zero-order valence-electron chi connectivity index (χ0n) is 19.0. The van der Waals surface area contributed by atoms with Crippen molar-refractivity contribution >= 4 is 28.4 Å². The van der Waals surface area contributed by atoms with Crippen molar-refractivity contribution in [3.8, 4) is 0 Å². The summed E-state index contributed by atoms with van der Waals surface area (Å²) in [5.41, 5.74) is 9.12. The van der Waals surface area contributed by atoms with E-state index in [9.17, 15) is 14.4 Å². The van der Waals surface area contributed by atoms with Crippen molar-refractivity contribution in [1.29, 1.82) is 0 Å². The number of rotatable bonds is 9. The molecule has 0 aliphatic carbocycles. The lowest BCUT2D eigenvalue weighted by Crippen LogP contribution is -2.21. The van der Waals surface area contributed by atoms with Crippen molar-refractivity contribution in [2.75, 3.05) is 11.1 Å². The van der Waals surface area contributed by atoms with Crippen LogP contribution < -0.4 is 22.3 Å². The highest BCUT2D eigenvalue weighted by atomic mass is 16.2. The molecule has 1 unspecified atom stereocenters. The Labute approximate surface area is 195 Å². The maximum absolute atomic E-state index is 12.0. The van der Waals surface area contributed by atoms with E-state index in [2.05, 4.69) is 25.3 Å². The number of nitrogens with two attached hydrogens (primary N) is 1. The van der Waals surface area contributed by atoms with Crippen LogP contribution in [0.1, 0.15) is 36.7 Å². The number of H-pyrrole nitrogens is 3. The molecule has 34 heavy (non-hydrogen) atoms. The molecule has 4 aromatic rings. The summed E-state index contributed by atoms with van der Waals surface area (Å²) in [5.74, 6) is 0.834. The molecule has 0 radical (unpaired) electrons. The zero-order valence-corrected chi connectivity index (χ0v) is 19.0. The number of carbonyl (C=O) groups excluding carboxylic acids is 1. The van der Waals surface area contributed by atoms with E-state index < -0.39 is 11.2 Å². The zero-order chi connectivity index (χ0) is 24.1. The van der Waals surface area contributed by atoms with Gasteiger partial charge < -0.3 is 16.0 Å². The van der Waals surface area contributed by atoms with Crippen LogP contribution in [0.3, 0.4) is 0 Å². The molecular formula is C25H28N6O3. The third-order valence-corrected chi connectivity index (χ3v) is 5.89.